The van der Waals surface area contributed by atoms with Gasteiger partial charge in [0.1, 0.15) is 0 Å². The molecule has 108 valence electrons. The van der Waals surface area contributed by atoms with Gasteiger partial charge in [-0.2, -0.15) is 0 Å². The van der Waals surface area contributed by atoms with Gasteiger partial charge in [-0.15, -0.1) is 0 Å². The smallest absolute Gasteiger partial charge is 0.226 e. The molecule has 0 bridgehead atoms. The molecule has 2 rings (SSSR count). The SMILES string of the molecule is CC1(C)CCCCC1C(=O)N1CCCC(C(N)=S)C1. The second-order valence-corrected chi connectivity index (χ2v) is 7.28. The van der Waals surface area contributed by atoms with Gasteiger partial charge in [0.25, 0.3) is 0 Å². The van der Waals surface area contributed by atoms with Crippen molar-refractivity contribution >= 4 is 23.1 Å². The summed E-state index contributed by atoms with van der Waals surface area (Å²) in [6.45, 7) is 6.10. The van der Waals surface area contributed by atoms with Crippen LogP contribution in [0.15, 0.2) is 0 Å². The van der Waals surface area contributed by atoms with E-state index in [9.17, 15) is 4.79 Å². The first-order chi connectivity index (χ1) is 8.92. The molecule has 0 radical (unpaired) electrons. The van der Waals surface area contributed by atoms with Gasteiger partial charge in [-0.3, -0.25) is 4.79 Å². The van der Waals surface area contributed by atoms with Crippen LogP contribution < -0.4 is 5.73 Å². The van der Waals surface area contributed by atoms with Crippen molar-refractivity contribution in [1.29, 1.82) is 0 Å². The number of likely N-dealkylation sites (tertiary alicyclic amines) is 1. The van der Waals surface area contributed by atoms with Gasteiger partial charge >= 0.3 is 0 Å². The predicted octanol–water partition coefficient (Wildman–Crippen LogP) is 2.73. The van der Waals surface area contributed by atoms with Crippen LogP contribution in [0.2, 0.25) is 0 Å². The number of thiocarbonyl (C=S) groups is 1. The molecule has 3 nitrogen and oxygen atoms in total. The summed E-state index contributed by atoms with van der Waals surface area (Å²) in [6.07, 6.45) is 6.71. The summed E-state index contributed by atoms with van der Waals surface area (Å²) < 4.78 is 0. The summed E-state index contributed by atoms with van der Waals surface area (Å²) in [7, 11) is 0. The molecule has 2 N–H and O–H groups in total. The zero-order valence-corrected chi connectivity index (χ0v) is 13.0. The van der Waals surface area contributed by atoms with E-state index < -0.39 is 0 Å². The van der Waals surface area contributed by atoms with Crippen LogP contribution >= 0.6 is 12.2 Å². The lowest BCUT2D eigenvalue weighted by atomic mass is 9.68. The standard InChI is InChI=1S/C15H26N2OS/c1-15(2)8-4-3-7-12(15)14(18)17-9-5-6-11(10-17)13(16)19/h11-12H,3-10H2,1-2H3,(H2,16,19). The lowest BCUT2D eigenvalue weighted by Gasteiger charge is -2.42. The molecule has 4 heteroatoms. The second-order valence-electron chi connectivity index (χ2n) is 6.81. The van der Waals surface area contributed by atoms with Crippen molar-refractivity contribution in [2.45, 2.75) is 52.4 Å². The van der Waals surface area contributed by atoms with E-state index in [1.54, 1.807) is 0 Å². The maximum Gasteiger partial charge on any atom is 0.226 e. The minimum absolute atomic E-state index is 0.144. The molecule has 0 spiro atoms. The Morgan fingerprint density at radius 1 is 1.26 bits per heavy atom. The summed E-state index contributed by atoms with van der Waals surface area (Å²) in [5, 5.41) is 0. The molecule has 1 saturated carbocycles. The second kappa shape index (κ2) is 5.78. The summed E-state index contributed by atoms with van der Waals surface area (Å²) in [5.41, 5.74) is 5.90. The van der Waals surface area contributed by atoms with Gasteiger partial charge in [0, 0.05) is 24.9 Å². The van der Waals surface area contributed by atoms with Crippen molar-refractivity contribution in [2.75, 3.05) is 13.1 Å². The van der Waals surface area contributed by atoms with Crippen LogP contribution in [0, 0.1) is 17.3 Å². The number of hydrogen-bond acceptors (Lipinski definition) is 2. The van der Waals surface area contributed by atoms with E-state index >= 15 is 0 Å². The molecular weight excluding hydrogens is 256 g/mol. The molecule has 1 aliphatic heterocycles. The lowest BCUT2D eigenvalue weighted by Crippen LogP contribution is -2.49. The molecule has 2 atom stereocenters. The Morgan fingerprint density at radius 2 is 2.00 bits per heavy atom. The molecule has 19 heavy (non-hydrogen) atoms. The minimum atomic E-state index is 0.144. The molecule has 0 aromatic heterocycles. The average Bonchev–Trinajstić information content (AvgIpc) is 2.37. The Balaban J connectivity index is 2.04. The molecule has 1 saturated heterocycles. The van der Waals surface area contributed by atoms with Gasteiger partial charge in [0.05, 0.1) is 4.99 Å². The average molecular weight is 282 g/mol. The van der Waals surface area contributed by atoms with E-state index in [-0.39, 0.29) is 17.3 Å². The number of nitrogens with two attached hydrogens (primary N) is 1. The van der Waals surface area contributed by atoms with Crippen LogP contribution in [0.25, 0.3) is 0 Å². The Hall–Kier alpha value is -0.640. The number of nitrogens with zero attached hydrogens (tertiary/aromatic N) is 1. The van der Waals surface area contributed by atoms with E-state index in [0.29, 0.717) is 10.9 Å². The van der Waals surface area contributed by atoms with E-state index in [2.05, 4.69) is 13.8 Å². The van der Waals surface area contributed by atoms with Crippen molar-refractivity contribution in [1.82, 2.24) is 4.90 Å². The number of carbonyl (C=O) groups excluding carboxylic acids is 1. The molecule has 0 aromatic carbocycles. The Labute approximate surface area is 121 Å². The summed E-state index contributed by atoms with van der Waals surface area (Å²) in [6, 6.07) is 0. The Kier molecular flexibility index (Phi) is 4.49. The number of amides is 1. The number of piperidine rings is 1. The van der Waals surface area contributed by atoms with Gasteiger partial charge in [-0.25, -0.2) is 0 Å². The van der Waals surface area contributed by atoms with Crippen molar-refractivity contribution in [2.24, 2.45) is 23.0 Å². The summed E-state index contributed by atoms with van der Waals surface area (Å²) in [5.74, 6) is 0.747. The first kappa shape index (κ1) is 14.8. The fourth-order valence-electron chi connectivity index (χ4n) is 3.58. The highest BCUT2D eigenvalue weighted by atomic mass is 32.1. The Morgan fingerprint density at radius 3 is 2.63 bits per heavy atom. The first-order valence-electron chi connectivity index (χ1n) is 7.50. The van der Waals surface area contributed by atoms with Crippen molar-refractivity contribution in [3.8, 4) is 0 Å². The third kappa shape index (κ3) is 3.28. The third-order valence-corrected chi connectivity index (χ3v) is 5.27. The van der Waals surface area contributed by atoms with Crippen LogP contribution in [-0.2, 0) is 4.79 Å². The van der Waals surface area contributed by atoms with Crippen molar-refractivity contribution < 1.29 is 4.79 Å². The maximum absolute atomic E-state index is 12.8. The van der Waals surface area contributed by atoms with Gasteiger partial charge in [-0.1, -0.05) is 38.9 Å². The largest absolute Gasteiger partial charge is 0.393 e. The lowest BCUT2D eigenvalue weighted by molar-refractivity contribution is -0.142. The van der Waals surface area contributed by atoms with E-state index in [1.165, 1.54) is 12.8 Å². The fourth-order valence-corrected chi connectivity index (χ4v) is 3.77. The monoisotopic (exact) mass is 282 g/mol. The molecule has 1 aliphatic carbocycles. The molecule has 0 aromatic rings. The predicted molar refractivity (Wildman–Crippen MR) is 81.8 cm³/mol. The van der Waals surface area contributed by atoms with Gasteiger partial charge in [-0.05, 0) is 31.1 Å². The fraction of sp³-hybridized carbons (Fsp3) is 0.867. The quantitative estimate of drug-likeness (QED) is 0.792. The van der Waals surface area contributed by atoms with Crippen molar-refractivity contribution in [3.05, 3.63) is 0 Å². The van der Waals surface area contributed by atoms with Gasteiger partial charge in [0.2, 0.25) is 5.91 Å². The molecule has 2 fully saturated rings. The molecule has 1 heterocycles. The highest BCUT2D eigenvalue weighted by molar-refractivity contribution is 7.80. The first-order valence-corrected chi connectivity index (χ1v) is 7.91. The van der Waals surface area contributed by atoms with Crippen LogP contribution in [-0.4, -0.2) is 28.9 Å². The minimum Gasteiger partial charge on any atom is -0.393 e. The van der Waals surface area contributed by atoms with Gasteiger partial charge in [0.15, 0.2) is 0 Å². The van der Waals surface area contributed by atoms with E-state index in [0.717, 1.165) is 38.8 Å². The van der Waals surface area contributed by atoms with Gasteiger partial charge < -0.3 is 10.6 Å². The maximum atomic E-state index is 12.8. The third-order valence-electron chi connectivity index (χ3n) is 4.94. The van der Waals surface area contributed by atoms with Crippen LogP contribution in [0.1, 0.15) is 52.4 Å². The number of rotatable bonds is 2. The normalized spacial score (nSPS) is 30.9. The van der Waals surface area contributed by atoms with E-state index in [4.69, 9.17) is 18.0 Å². The zero-order valence-electron chi connectivity index (χ0n) is 12.2. The van der Waals surface area contributed by atoms with Crippen LogP contribution in [0.5, 0.6) is 0 Å². The highest BCUT2D eigenvalue weighted by Crippen LogP contribution is 2.41. The molecular formula is C15H26N2OS. The molecule has 1 amide bonds. The van der Waals surface area contributed by atoms with Crippen molar-refractivity contribution in [3.63, 3.8) is 0 Å². The van der Waals surface area contributed by atoms with Crippen LogP contribution in [0.3, 0.4) is 0 Å². The molecule has 2 aliphatic rings. The highest BCUT2D eigenvalue weighted by Gasteiger charge is 2.40. The zero-order chi connectivity index (χ0) is 14.0. The summed E-state index contributed by atoms with van der Waals surface area (Å²) in [4.78, 5) is 15.4. The summed E-state index contributed by atoms with van der Waals surface area (Å²) >= 11 is 5.10. The topological polar surface area (TPSA) is 46.3 Å². The van der Waals surface area contributed by atoms with Crippen LogP contribution in [0.4, 0.5) is 0 Å². The number of carbonyl (C=O) groups is 1. The number of hydrogen-bond donors (Lipinski definition) is 1. The van der Waals surface area contributed by atoms with E-state index in [1.807, 2.05) is 4.90 Å². The molecule has 2 unspecified atom stereocenters. The Bertz CT molecular complexity index is 367.